The van der Waals surface area contributed by atoms with Crippen molar-refractivity contribution >= 4 is 6.08 Å². The SMILES string of the molecule is Cc1ncc(C=CCCN=[N+]=[N-])[nH]1. The lowest BCUT2D eigenvalue weighted by Crippen LogP contribution is -1.74. The maximum absolute atomic E-state index is 8.00. The van der Waals surface area contributed by atoms with E-state index in [0.29, 0.717) is 6.54 Å². The van der Waals surface area contributed by atoms with E-state index in [2.05, 4.69) is 20.0 Å². The number of H-pyrrole nitrogens is 1. The predicted molar refractivity (Wildman–Crippen MR) is 51.0 cm³/mol. The molecule has 0 bridgehead atoms. The van der Waals surface area contributed by atoms with Gasteiger partial charge in [-0.3, -0.25) is 0 Å². The lowest BCUT2D eigenvalue weighted by atomic mass is 10.3. The van der Waals surface area contributed by atoms with Crippen molar-refractivity contribution in [2.24, 2.45) is 5.11 Å². The van der Waals surface area contributed by atoms with Crippen molar-refractivity contribution in [2.45, 2.75) is 13.3 Å². The summed E-state index contributed by atoms with van der Waals surface area (Å²) in [6.45, 7) is 2.40. The third-order valence-electron chi connectivity index (χ3n) is 1.48. The van der Waals surface area contributed by atoms with Gasteiger partial charge in [0.2, 0.25) is 0 Å². The fourth-order valence-corrected chi connectivity index (χ4v) is 0.912. The third-order valence-corrected chi connectivity index (χ3v) is 1.48. The van der Waals surface area contributed by atoms with Crippen LogP contribution >= 0.6 is 0 Å². The van der Waals surface area contributed by atoms with E-state index in [-0.39, 0.29) is 0 Å². The van der Waals surface area contributed by atoms with Gasteiger partial charge >= 0.3 is 0 Å². The van der Waals surface area contributed by atoms with E-state index in [1.807, 2.05) is 19.1 Å². The molecule has 0 saturated heterocycles. The Morgan fingerprint density at radius 3 is 3.23 bits per heavy atom. The van der Waals surface area contributed by atoms with E-state index in [4.69, 9.17) is 5.53 Å². The molecule has 1 aromatic heterocycles. The molecule has 0 radical (unpaired) electrons. The zero-order valence-electron chi connectivity index (χ0n) is 7.44. The average Bonchev–Trinajstić information content (AvgIpc) is 2.51. The van der Waals surface area contributed by atoms with Crippen LogP contribution in [0.1, 0.15) is 17.9 Å². The maximum Gasteiger partial charge on any atom is 0.103 e. The molecule has 13 heavy (non-hydrogen) atoms. The van der Waals surface area contributed by atoms with Gasteiger partial charge in [0.15, 0.2) is 0 Å². The molecule has 0 unspecified atom stereocenters. The van der Waals surface area contributed by atoms with Crippen molar-refractivity contribution in [2.75, 3.05) is 6.54 Å². The topological polar surface area (TPSA) is 77.4 Å². The molecule has 1 heterocycles. The van der Waals surface area contributed by atoms with Crippen LogP contribution in [-0.4, -0.2) is 16.5 Å². The minimum atomic E-state index is 0.500. The maximum atomic E-state index is 8.00. The molecule has 1 N–H and O–H groups in total. The van der Waals surface area contributed by atoms with Crippen LogP contribution < -0.4 is 0 Å². The Labute approximate surface area is 76.1 Å². The zero-order chi connectivity index (χ0) is 9.52. The summed E-state index contributed by atoms with van der Waals surface area (Å²) >= 11 is 0. The molecule has 0 spiro atoms. The first-order chi connectivity index (χ1) is 6.33. The van der Waals surface area contributed by atoms with Gasteiger partial charge < -0.3 is 4.98 Å². The van der Waals surface area contributed by atoms with E-state index in [0.717, 1.165) is 17.9 Å². The first kappa shape index (κ1) is 9.35. The number of aromatic nitrogens is 2. The molecule has 0 aromatic carbocycles. The van der Waals surface area contributed by atoms with Gasteiger partial charge in [0.1, 0.15) is 5.82 Å². The summed E-state index contributed by atoms with van der Waals surface area (Å²) in [7, 11) is 0. The number of nitrogens with zero attached hydrogens (tertiary/aromatic N) is 4. The van der Waals surface area contributed by atoms with Crippen LogP contribution in [0.5, 0.6) is 0 Å². The Morgan fingerprint density at radius 2 is 2.62 bits per heavy atom. The van der Waals surface area contributed by atoms with Gasteiger partial charge in [0.05, 0.1) is 11.9 Å². The van der Waals surface area contributed by atoms with E-state index >= 15 is 0 Å². The van der Waals surface area contributed by atoms with Gasteiger partial charge in [0.25, 0.3) is 0 Å². The van der Waals surface area contributed by atoms with Crippen LogP contribution in [0.2, 0.25) is 0 Å². The summed E-state index contributed by atoms with van der Waals surface area (Å²) in [4.78, 5) is 9.76. The highest BCUT2D eigenvalue weighted by Gasteiger charge is 1.89. The first-order valence-corrected chi connectivity index (χ1v) is 4.02. The van der Waals surface area contributed by atoms with Crippen LogP contribution in [0.15, 0.2) is 17.4 Å². The van der Waals surface area contributed by atoms with Gasteiger partial charge in [-0.05, 0) is 25.0 Å². The summed E-state index contributed by atoms with van der Waals surface area (Å²) in [5, 5.41) is 3.41. The molecule has 0 aliphatic rings. The number of imidazole rings is 1. The molecular formula is C8H11N5. The molecular weight excluding hydrogens is 166 g/mol. The summed E-state index contributed by atoms with van der Waals surface area (Å²) < 4.78 is 0. The second-order valence-corrected chi connectivity index (χ2v) is 2.57. The molecule has 0 fully saturated rings. The lowest BCUT2D eigenvalue weighted by Gasteiger charge is -1.84. The zero-order valence-corrected chi connectivity index (χ0v) is 7.44. The Bertz CT molecular complexity index is 332. The minimum absolute atomic E-state index is 0.500. The van der Waals surface area contributed by atoms with Crippen molar-refractivity contribution < 1.29 is 0 Å². The summed E-state index contributed by atoms with van der Waals surface area (Å²) in [6, 6.07) is 0. The highest BCUT2D eigenvalue weighted by molar-refractivity contribution is 5.43. The Morgan fingerprint density at radius 1 is 1.77 bits per heavy atom. The van der Waals surface area contributed by atoms with E-state index in [9.17, 15) is 0 Å². The van der Waals surface area contributed by atoms with Crippen molar-refractivity contribution in [3.8, 4) is 0 Å². The normalized spacial score (nSPS) is 10.2. The highest BCUT2D eigenvalue weighted by atomic mass is 15.1. The average molecular weight is 177 g/mol. The molecule has 5 nitrogen and oxygen atoms in total. The summed E-state index contributed by atoms with van der Waals surface area (Å²) in [5.74, 6) is 0.898. The Hall–Kier alpha value is -1.74. The van der Waals surface area contributed by atoms with Crippen LogP contribution in [-0.2, 0) is 0 Å². The number of aryl methyl sites for hydroxylation is 1. The number of aromatic amines is 1. The van der Waals surface area contributed by atoms with Crippen LogP contribution in [0.4, 0.5) is 0 Å². The number of nitrogens with one attached hydrogen (secondary N) is 1. The molecule has 68 valence electrons. The third kappa shape index (κ3) is 3.44. The lowest BCUT2D eigenvalue weighted by molar-refractivity contribution is 0.995. The minimum Gasteiger partial charge on any atom is -0.343 e. The number of rotatable bonds is 4. The molecule has 0 amide bonds. The van der Waals surface area contributed by atoms with E-state index < -0.39 is 0 Å². The molecule has 1 rings (SSSR count). The van der Waals surface area contributed by atoms with Gasteiger partial charge in [-0.15, -0.1) is 0 Å². The largest absolute Gasteiger partial charge is 0.343 e. The van der Waals surface area contributed by atoms with Crippen molar-refractivity contribution in [1.29, 1.82) is 0 Å². The molecule has 0 saturated carbocycles. The highest BCUT2D eigenvalue weighted by Crippen LogP contribution is 1.99. The Kier molecular flexibility index (Phi) is 3.60. The second kappa shape index (κ2) is 5.00. The molecule has 0 aliphatic heterocycles. The number of hydrogen-bond donors (Lipinski definition) is 1. The number of hydrogen-bond acceptors (Lipinski definition) is 2. The van der Waals surface area contributed by atoms with Crippen molar-refractivity contribution in [3.63, 3.8) is 0 Å². The quantitative estimate of drug-likeness (QED) is 0.326. The van der Waals surface area contributed by atoms with Crippen molar-refractivity contribution in [1.82, 2.24) is 9.97 Å². The van der Waals surface area contributed by atoms with Crippen molar-refractivity contribution in [3.05, 3.63) is 34.2 Å². The van der Waals surface area contributed by atoms with E-state index in [1.165, 1.54) is 0 Å². The fourth-order valence-electron chi connectivity index (χ4n) is 0.912. The monoisotopic (exact) mass is 177 g/mol. The van der Waals surface area contributed by atoms with E-state index in [1.54, 1.807) is 6.20 Å². The summed E-state index contributed by atoms with van der Waals surface area (Å²) in [5.41, 5.74) is 8.97. The fraction of sp³-hybridized carbons (Fsp3) is 0.375. The smallest absolute Gasteiger partial charge is 0.103 e. The summed E-state index contributed by atoms with van der Waals surface area (Å²) in [6.07, 6.45) is 6.38. The molecule has 0 atom stereocenters. The Balaban J connectivity index is 2.36. The van der Waals surface area contributed by atoms with Gasteiger partial charge in [-0.25, -0.2) is 4.98 Å². The van der Waals surface area contributed by atoms with Crippen LogP contribution in [0.25, 0.3) is 16.5 Å². The first-order valence-electron chi connectivity index (χ1n) is 4.02. The van der Waals surface area contributed by atoms with Gasteiger partial charge in [-0.2, -0.15) is 0 Å². The standard InChI is InChI=1S/C8H11N5/c1-7-10-6-8(12-7)4-2-3-5-11-13-9/h2,4,6H,3,5H2,1H3,(H,10,12). The predicted octanol–water partition coefficient (Wildman–Crippen LogP) is 2.43. The molecule has 0 aliphatic carbocycles. The van der Waals surface area contributed by atoms with Crippen LogP contribution in [0.3, 0.4) is 0 Å². The van der Waals surface area contributed by atoms with Gasteiger partial charge in [0, 0.05) is 11.5 Å². The second-order valence-electron chi connectivity index (χ2n) is 2.57. The van der Waals surface area contributed by atoms with Crippen LogP contribution in [0, 0.1) is 6.92 Å². The van der Waals surface area contributed by atoms with Gasteiger partial charge in [-0.1, -0.05) is 11.2 Å². The number of azide groups is 1. The molecule has 5 heteroatoms. The molecule has 1 aromatic rings.